The molecule has 1 aromatic carbocycles. The molecule has 17 heavy (non-hydrogen) atoms. The third-order valence-electron chi connectivity index (χ3n) is 3.01. The number of esters is 1. The Morgan fingerprint density at radius 1 is 1.35 bits per heavy atom. The average Bonchev–Trinajstić information content (AvgIpc) is 2.38. The smallest absolute Gasteiger partial charge is 0.305 e. The van der Waals surface area contributed by atoms with E-state index >= 15 is 0 Å². The van der Waals surface area contributed by atoms with E-state index in [2.05, 4.69) is 4.74 Å². The summed E-state index contributed by atoms with van der Waals surface area (Å²) in [4.78, 5) is 10.9. The predicted octanol–water partition coefficient (Wildman–Crippen LogP) is 2.49. The van der Waals surface area contributed by atoms with Gasteiger partial charge in [0.25, 0.3) is 0 Å². The van der Waals surface area contributed by atoms with Crippen LogP contribution in [-0.2, 0) is 9.53 Å². The van der Waals surface area contributed by atoms with Gasteiger partial charge < -0.3 is 9.84 Å². The van der Waals surface area contributed by atoms with Crippen molar-refractivity contribution in [2.24, 2.45) is 0 Å². The van der Waals surface area contributed by atoms with Gasteiger partial charge in [0, 0.05) is 12.3 Å². The largest absolute Gasteiger partial charge is 0.469 e. The van der Waals surface area contributed by atoms with Gasteiger partial charge >= 0.3 is 5.97 Å². The Hall–Kier alpha value is -1.35. The van der Waals surface area contributed by atoms with E-state index in [1.807, 2.05) is 37.3 Å². The molecule has 0 bridgehead atoms. The maximum absolute atomic E-state index is 10.9. The number of methoxy groups -OCH3 is 1. The topological polar surface area (TPSA) is 46.5 Å². The minimum Gasteiger partial charge on any atom is -0.469 e. The van der Waals surface area contributed by atoms with E-state index in [9.17, 15) is 9.90 Å². The fourth-order valence-corrected chi connectivity index (χ4v) is 1.79. The molecule has 0 spiro atoms. The molecule has 94 valence electrons. The SMILES string of the molecule is COC(=O)CCCC(O)C(C)c1ccccc1. The summed E-state index contributed by atoms with van der Waals surface area (Å²) in [6, 6.07) is 9.91. The van der Waals surface area contributed by atoms with Gasteiger partial charge in [0.05, 0.1) is 13.2 Å². The lowest BCUT2D eigenvalue weighted by Gasteiger charge is -2.18. The summed E-state index contributed by atoms with van der Waals surface area (Å²) in [7, 11) is 1.38. The zero-order valence-electron chi connectivity index (χ0n) is 10.4. The number of carbonyl (C=O) groups is 1. The molecular weight excluding hydrogens is 216 g/mol. The van der Waals surface area contributed by atoms with Crippen LogP contribution in [0.4, 0.5) is 0 Å². The molecule has 2 atom stereocenters. The molecule has 1 rings (SSSR count). The second-order valence-corrected chi connectivity index (χ2v) is 4.24. The normalized spacial score (nSPS) is 14.1. The van der Waals surface area contributed by atoms with E-state index in [1.54, 1.807) is 0 Å². The lowest BCUT2D eigenvalue weighted by atomic mass is 9.92. The van der Waals surface area contributed by atoms with Crippen LogP contribution in [0.25, 0.3) is 0 Å². The molecule has 3 nitrogen and oxygen atoms in total. The highest BCUT2D eigenvalue weighted by Crippen LogP contribution is 2.22. The standard InChI is InChI=1S/C14H20O3/c1-11(12-7-4-3-5-8-12)13(15)9-6-10-14(16)17-2/h3-5,7-8,11,13,15H,6,9-10H2,1-2H3. The molecule has 0 aliphatic rings. The van der Waals surface area contributed by atoms with Gasteiger partial charge in [0.15, 0.2) is 0 Å². The van der Waals surface area contributed by atoms with Crippen LogP contribution in [0, 0.1) is 0 Å². The van der Waals surface area contributed by atoms with Crippen LogP contribution >= 0.6 is 0 Å². The molecule has 0 aromatic heterocycles. The van der Waals surface area contributed by atoms with Gasteiger partial charge in [-0.25, -0.2) is 0 Å². The fraction of sp³-hybridized carbons (Fsp3) is 0.500. The number of aliphatic hydroxyl groups is 1. The van der Waals surface area contributed by atoms with Crippen LogP contribution in [0.3, 0.4) is 0 Å². The summed E-state index contributed by atoms with van der Waals surface area (Å²) in [5.41, 5.74) is 1.12. The molecular formula is C14H20O3. The Morgan fingerprint density at radius 2 is 2.00 bits per heavy atom. The van der Waals surface area contributed by atoms with Crippen molar-refractivity contribution >= 4 is 5.97 Å². The van der Waals surface area contributed by atoms with E-state index in [-0.39, 0.29) is 11.9 Å². The number of benzene rings is 1. The van der Waals surface area contributed by atoms with Crippen LogP contribution in [-0.4, -0.2) is 24.3 Å². The number of aliphatic hydroxyl groups excluding tert-OH is 1. The first-order valence-corrected chi connectivity index (χ1v) is 5.95. The van der Waals surface area contributed by atoms with Gasteiger partial charge in [-0.1, -0.05) is 37.3 Å². The van der Waals surface area contributed by atoms with Gasteiger partial charge in [-0.15, -0.1) is 0 Å². The summed E-state index contributed by atoms with van der Waals surface area (Å²) in [5, 5.41) is 10.0. The van der Waals surface area contributed by atoms with Gasteiger partial charge in [0.2, 0.25) is 0 Å². The molecule has 3 heteroatoms. The maximum Gasteiger partial charge on any atom is 0.305 e. The molecule has 0 heterocycles. The van der Waals surface area contributed by atoms with E-state index < -0.39 is 6.10 Å². The first-order valence-electron chi connectivity index (χ1n) is 5.95. The molecule has 0 amide bonds. The van der Waals surface area contributed by atoms with Crippen molar-refractivity contribution in [1.29, 1.82) is 0 Å². The van der Waals surface area contributed by atoms with Crippen molar-refractivity contribution < 1.29 is 14.6 Å². The highest BCUT2D eigenvalue weighted by atomic mass is 16.5. The van der Waals surface area contributed by atoms with E-state index in [0.29, 0.717) is 19.3 Å². The Balaban J connectivity index is 2.37. The Morgan fingerprint density at radius 3 is 2.59 bits per heavy atom. The molecule has 0 saturated heterocycles. The first kappa shape index (κ1) is 13.7. The van der Waals surface area contributed by atoms with E-state index in [1.165, 1.54) is 7.11 Å². The molecule has 0 aliphatic carbocycles. The van der Waals surface area contributed by atoms with E-state index in [4.69, 9.17) is 0 Å². The summed E-state index contributed by atoms with van der Waals surface area (Å²) < 4.78 is 4.56. The summed E-state index contributed by atoms with van der Waals surface area (Å²) >= 11 is 0. The van der Waals surface area contributed by atoms with Gasteiger partial charge in [0.1, 0.15) is 0 Å². The molecule has 0 aliphatic heterocycles. The van der Waals surface area contributed by atoms with Crippen molar-refractivity contribution in [2.45, 2.75) is 38.2 Å². The number of ether oxygens (including phenoxy) is 1. The van der Waals surface area contributed by atoms with Crippen molar-refractivity contribution in [3.05, 3.63) is 35.9 Å². The lowest BCUT2D eigenvalue weighted by Crippen LogP contribution is -2.16. The van der Waals surface area contributed by atoms with Crippen LogP contribution in [0.5, 0.6) is 0 Å². The fourth-order valence-electron chi connectivity index (χ4n) is 1.79. The molecule has 0 radical (unpaired) electrons. The molecule has 1 aromatic rings. The maximum atomic E-state index is 10.9. The van der Waals surface area contributed by atoms with Crippen LogP contribution in [0.15, 0.2) is 30.3 Å². The highest BCUT2D eigenvalue weighted by molar-refractivity contribution is 5.68. The van der Waals surface area contributed by atoms with Crippen molar-refractivity contribution in [2.75, 3.05) is 7.11 Å². The molecule has 2 unspecified atom stereocenters. The monoisotopic (exact) mass is 236 g/mol. The van der Waals surface area contributed by atoms with Crippen molar-refractivity contribution in [1.82, 2.24) is 0 Å². The number of carbonyl (C=O) groups excluding carboxylic acids is 1. The second kappa shape index (κ2) is 7.07. The Bertz CT molecular complexity index is 335. The lowest BCUT2D eigenvalue weighted by molar-refractivity contribution is -0.140. The highest BCUT2D eigenvalue weighted by Gasteiger charge is 2.16. The van der Waals surface area contributed by atoms with Gasteiger partial charge in [-0.2, -0.15) is 0 Å². The Labute approximate surface area is 102 Å². The van der Waals surface area contributed by atoms with Crippen molar-refractivity contribution in [3.8, 4) is 0 Å². The molecule has 1 N–H and O–H groups in total. The zero-order valence-corrected chi connectivity index (χ0v) is 10.4. The first-order chi connectivity index (χ1) is 8.15. The summed E-state index contributed by atoms with van der Waals surface area (Å²) in [6.45, 7) is 2.00. The number of hydrogen-bond acceptors (Lipinski definition) is 3. The minimum atomic E-state index is -0.415. The third-order valence-corrected chi connectivity index (χ3v) is 3.01. The number of hydrogen-bond donors (Lipinski definition) is 1. The quantitative estimate of drug-likeness (QED) is 0.772. The predicted molar refractivity (Wildman–Crippen MR) is 66.7 cm³/mol. The average molecular weight is 236 g/mol. The minimum absolute atomic E-state index is 0.0915. The van der Waals surface area contributed by atoms with Crippen LogP contribution in [0.2, 0.25) is 0 Å². The third kappa shape index (κ3) is 4.57. The van der Waals surface area contributed by atoms with Crippen LogP contribution in [0.1, 0.15) is 37.7 Å². The van der Waals surface area contributed by atoms with E-state index in [0.717, 1.165) is 5.56 Å². The second-order valence-electron chi connectivity index (χ2n) is 4.24. The zero-order chi connectivity index (χ0) is 12.7. The summed E-state index contributed by atoms with van der Waals surface area (Å²) in [6.07, 6.45) is 1.23. The molecule has 0 fully saturated rings. The molecule has 0 saturated carbocycles. The van der Waals surface area contributed by atoms with Crippen molar-refractivity contribution in [3.63, 3.8) is 0 Å². The van der Waals surface area contributed by atoms with Crippen LogP contribution < -0.4 is 0 Å². The Kier molecular flexibility index (Phi) is 5.70. The number of rotatable bonds is 6. The van der Waals surface area contributed by atoms with Gasteiger partial charge in [-0.3, -0.25) is 4.79 Å². The van der Waals surface area contributed by atoms with Gasteiger partial charge in [-0.05, 0) is 18.4 Å². The summed E-state index contributed by atoms with van der Waals surface area (Å²) in [5.74, 6) is -0.126.